The molecule has 0 spiro atoms. The maximum absolute atomic E-state index is 11.9. The number of nitrogens with zero attached hydrogens (tertiary/aromatic N) is 4. The van der Waals surface area contributed by atoms with Crippen molar-refractivity contribution in [2.45, 2.75) is 20.3 Å². The lowest BCUT2D eigenvalue weighted by Gasteiger charge is -2.20. The zero-order chi connectivity index (χ0) is 17.3. The second-order valence-corrected chi connectivity index (χ2v) is 6.30. The first-order valence-corrected chi connectivity index (χ1v) is 7.84. The lowest BCUT2D eigenvalue weighted by Crippen LogP contribution is -2.24. The Bertz CT molecular complexity index is 908. The van der Waals surface area contributed by atoms with Crippen molar-refractivity contribution >= 4 is 5.69 Å². The first kappa shape index (κ1) is 15.9. The van der Waals surface area contributed by atoms with E-state index in [-0.39, 0.29) is 11.3 Å². The zero-order valence-corrected chi connectivity index (χ0v) is 13.5. The van der Waals surface area contributed by atoms with Crippen molar-refractivity contribution in [3.8, 4) is 17.3 Å². The van der Waals surface area contributed by atoms with Gasteiger partial charge in [0.25, 0.3) is 5.56 Å². The normalized spacial score (nSPS) is 17.2. The van der Waals surface area contributed by atoms with Crippen LogP contribution < -0.4 is 16.1 Å². The van der Waals surface area contributed by atoms with E-state index in [1.54, 1.807) is 6.07 Å². The molecule has 2 aromatic rings. The first-order chi connectivity index (χ1) is 11.5. The van der Waals surface area contributed by atoms with Gasteiger partial charge in [0, 0.05) is 19.3 Å². The Kier molecular flexibility index (Phi) is 4.16. The molecule has 1 aliphatic heterocycles. The van der Waals surface area contributed by atoms with Gasteiger partial charge >= 0.3 is 5.69 Å². The summed E-state index contributed by atoms with van der Waals surface area (Å²) in [6, 6.07) is 3.75. The van der Waals surface area contributed by atoms with Gasteiger partial charge in [-0.25, -0.2) is 4.79 Å². The molecule has 24 heavy (non-hydrogen) atoms. The molecule has 8 nitrogen and oxygen atoms in total. The molecule has 2 aromatic heterocycles. The summed E-state index contributed by atoms with van der Waals surface area (Å²) in [5, 5.41) is 17.2. The molecule has 3 heterocycles. The van der Waals surface area contributed by atoms with E-state index in [2.05, 4.69) is 45.0 Å². The monoisotopic (exact) mass is 326 g/mol. The van der Waals surface area contributed by atoms with Gasteiger partial charge < -0.3 is 9.88 Å². The fourth-order valence-electron chi connectivity index (χ4n) is 2.98. The first-order valence-electron chi connectivity index (χ1n) is 7.84. The number of H-pyrrole nitrogens is 2. The molecule has 2 N–H and O–H groups in total. The van der Waals surface area contributed by atoms with Gasteiger partial charge in [0.05, 0.1) is 11.3 Å². The van der Waals surface area contributed by atoms with E-state index in [9.17, 15) is 14.9 Å². The van der Waals surface area contributed by atoms with Crippen LogP contribution >= 0.6 is 0 Å². The van der Waals surface area contributed by atoms with Gasteiger partial charge in [-0.2, -0.15) is 5.26 Å². The van der Waals surface area contributed by atoms with Crippen LogP contribution in [-0.4, -0.2) is 33.3 Å². The molecule has 0 unspecified atom stereocenters. The highest BCUT2D eigenvalue weighted by Gasteiger charge is 2.27. The molecule has 0 aliphatic carbocycles. The van der Waals surface area contributed by atoms with Gasteiger partial charge in [-0.1, -0.05) is 13.8 Å². The van der Waals surface area contributed by atoms with Crippen LogP contribution in [0.4, 0.5) is 5.69 Å². The summed E-state index contributed by atoms with van der Waals surface area (Å²) < 4.78 is 0. The molecular formula is C16H18N6O2. The van der Waals surface area contributed by atoms with Gasteiger partial charge in [-0.3, -0.25) is 9.78 Å². The van der Waals surface area contributed by atoms with E-state index in [1.807, 2.05) is 0 Å². The van der Waals surface area contributed by atoms with Crippen molar-refractivity contribution in [3.05, 3.63) is 38.8 Å². The number of aromatic nitrogens is 4. The van der Waals surface area contributed by atoms with Crippen LogP contribution in [0.25, 0.3) is 11.3 Å². The topological polar surface area (TPSA) is 119 Å². The van der Waals surface area contributed by atoms with Crippen LogP contribution in [0.5, 0.6) is 0 Å². The molecule has 0 saturated carbocycles. The van der Waals surface area contributed by atoms with E-state index in [4.69, 9.17) is 0 Å². The van der Waals surface area contributed by atoms with Crippen molar-refractivity contribution in [2.24, 2.45) is 11.8 Å². The molecule has 1 atom stereocenters. The largest absolute Gasteiger partial charge is 0.369 e. The Morgan fingerprint density at radius 2 is 2.17 bits per heavy atom. The van der Waals surface area contributed by atoms with Crippen LogP contribution in [0.15, 0.2) is 21.9 Å². The molecule has 0 bridgehead atoms. The third-order valence-electron chi connectivity index (χ3n) is 4.48. The number of anilines is 1. The molecule has 124 valence electrons. The SMILES string of the molecule is CC(C)[C@H]1CCN(c2cc(-c3c[nH]c(=O)[nH]c3=O)nnc2C#N)C1. The molecule has 1 fully saturated rings. The maximum atomic E-state index is 11.9. The van der Waals surface area contributed by atoms with Crippen LogP contribution in [0.3, 0.4) is 0 Å². The van der Waals surface area contributed by atoms with Crippen molar-refractivity contribution in [2.75, 3.05) is 18.0 Å². The summed E-state index contributed by atoms with van der Waals surface area (Å²) in [7, 11) is 0. The van der Waals surface area contributed by atoms with Crippen LogP contribution in [0.1, 0.15) is 26.0 Å². The number of nitriles is 1. The number of hydrogen-bond donors (Lipinski definition) is 2. The third kappa shape index (κ3) is 2.93. The van der Waals surface area contributed by atoms with Crippen LogP contribution in [0.2, 0.25) is 0 Å². The average molecular weight is 326 g/mol. The lowest BCUT2D eigenvalue weighted by molar-refractivity contribution is 0.422. The summed E-state index contributed by atoms with van der Waals surface area (Å²) in [6.07, 6.45) is 2.36. The van der Waals surface area contributed by atoms with E-state index in [0.29, 0.717) is 23.2 Å². The van der Waals surface area contributed by atoms with Crippen molar-refractivity contribution in [1.82, 2.24) is 20.2 Å². The Hall–Kier alpha value is -2.95. The predicted octanol–water partition coefficient (Wildman–Crippen LogP) is 0.874. The maximum Gasteiger partial charge on any atom is 0.325 e. The van der Waals surface area contributed by atoms with E-state index in [1.165, 1.54) is 6.20 Å². The second-order valence-electron chi connectivity index (χ2n) is 6.30. The zero-order valence-electron chi connectivity index (χ0n) is 13.5. The smallest absolute Gasteiger partial charge is 0.325 e. The Morgan fingerprint density at radius 3 is 2.79 bits per heavy atom. The molecule has 8 heteroatoms. The van der Waals surface area contributed by atoms with E-state index >= 15 is 0 Å². The minimum atomic E-state index is -0.579. The summed E-state index contributed by atoms with van der Waals surface area (Å²) in [4.78, 5) is 29.8. The Balaban J connectivity index is 2.02. The van der Waals surface area contributed by atoms with Crippen LogP contribution in [0, 0.1) is 23.2 Å². The minimum Gasteiger partial charge on any atom is -0.369 e. The average Bonchev–Trinajstić information content (AvgIpc) is 3.04. The summed E-state index contributed by atoms with van der Waals surface area (Å²) in [5.74, 6) is 1.13. The Morgan fingerprint density at radius 1 is 1.38 bits per heavy atom. The molecule has 0 amide bonds. The molecule has 3 rings (SSSR count). The van der Waals surface area contributed by atoms with E-state index < -0.39 is 11.2 Å². The third-order valence-corrected chi connectivity index (χ3v) is 4.48. The molecule has 1 aliphatic rings. The number of hydrogen-bond acceptors (Lipinski definition) is 6. The fourth-order valence-corrected chi connectivity index (χ4v) is 2.98. The highest BCUT2D eigenvalue weighted by molar-refractivity contribution is 5.66. The summed E-state index contributed by atoms with van der Waals surface area (Å²) in [5.41, 5.74) is 0.345. The lowest BCUT2D eigenvalue weighted by atomic mass is 9.95. The number of aromatic amines is 2. The summed E-state index contributed by atoms with van der Waals surface area (Å²) in [6.45, 7) is 6.06. The van der Waals surface area contributed by atoms with Gasteiger partial charge in [-0.05, 0) is 24.3 Å². The second kappa shape index (κ2) is 6.28. The number of nitrogens with one attached hydrogen (secondary N) is 2. The minimum absolute atomic E-state index is 0.215. The van der Waals surface area contributed by atoms with Gasteiger partial charge in [-0.15, -0.1) is 10.2 Å². The summed E-state index contributed by atoms with van der Waals surface area (Å²) >= 11 is 0. The van der Waals surface area contributed by atoms with E-state index in [0.717, 1.165) is 19.5 Å². The molecule has 1 saturated heterocycles. The molecule has 0 aromatic carbocycles. The predicted molar refractivity (Wildman–Crippen MR) is 88.6 cm³/mol. The highest BCUT2D eigenvalue weighted by Crippen LogP contribution is 2.30. The van der Waals surface area contributed by atoms with Crippen molar-refractivity contribution in [1.29, 1.82) is 5.26 Å². The van der Waals surface area contributed by atoms with Gasteiger partial charge in [0.15, 0.2) is 5.69 Å². The van der Waals surface area contributed by atoms with Gasteiger partial charge in [0.2, 0.25) is 0 Å². The number of rotatable bonds is 3. The standard InChI is InChI=1S/C16H18N6O2/c1-9(2)10-3-4-22(8-10)14-5-12(20-21-13(14)6-17)11-7-18-16(24)19-15(11)23/h5,7,9-10H,3-4,8H2,1-2H3,(H2,18,19,23,24)/t10-/m0/s1. The quantitative estimate of drug-likeness (QED) is 0.864. The molecular weight excluding hydrogens is 308 g/mol. The van der Waals surface area contributed by atoms with Gasteiger partial charge in [0.1, 0.15) is 11.8 Å². The molecule has 0 radical (unpaired) electrons. The Labute approximate surface area is 138 Å². The van der Waals surface area contributed by atoms with Crippen molar-refractivity contribution in [3.63, 3.8) is 0 Å². The van der Waals surface area contributed by atoms with Crippen molar-refractivity contribution < 1.29 is 0 Å². The van der Waals surface area contributed by atoms with Crippen LogP contribution in [-0.2, 0) is 0 Å². The fraction of sp³-hybridized carbons (Fsp3) is 0.438. The highest BCUT2D eigenvalue weighted by atomic mass is 16.2.